The number of rotatable bonds is 5. The van der Waals surface area contributed by atoms with Crippen LogP contribution in [0.25, 0.3) is 16.8 Å². The van der Waals surface area contributed by atoms with Crippen LogP contribution < -0.4 is 9.64 Å². The molecule has 3 aliphatic rings. The van der Waals surface area contributed by atoms with Crippen molar-refractivity contribution < 1.29 is 9.47 Å². The lowest BCUT2D eigenvalue weighted by Gasteiger charge is -2.38. The standard InChI is InChI=1S/C28H34ClN5O2/c1-20(2)32-7-9-33(10-8-32)23-4-5-24(25(29)16-23)21-3-6-26-27(15-21)36-19-28-30-22(18-34(26)28)17-31-11-13-35-14-12-31/h3-6,15-16,18,20H,7-14,17,19H2,1-2H3. The van der Waals surface area contributed by atoms with Gasteiger partial charge in [0.15, 0.2) is 5.82 Å². The van der Waals surface area contributed by atoms with E-state index in [1.54, 1.807) is 0 Å². The van der Waals surface area contributed by atoms with Crippen LogP contribution in [0, 0.1) is 0 Å². The predicted molar refractivity (Wildman–Crippen MR) is 143 cm³/mol. The predicted octanol–water partition coefficient (Wildman–Crippen LogP) is 4.45. The van der Waals surface area contributed by atoms with Crippen LogP contribution in [-0.4, -0.2) is 77.9 Å². The Bertz CT molecular complexity index is 1230. The summed E-state index contributed by atoms with van der Waals surface area (Å²) in [6.07, 6.45) is 2.15. The summed E-state index contributed by atoms with van der Waals surface area (Å²) in [6.45, 7) is 13.6. The second-order valence-electron chi connectivity index (χ2n) is 10.2. The minimum Gasteiger partial charge on any atom is -0.483 e. The Morgan fingerprint density at radius 2 is 1.78 bits per heavy atom. The van der Waals surface area contributed by atoms with Gasteiger partial charge in [0.1, 0.15) is 12.4 Å². The number of morpholine rings is 1. The third-order valence-corrected chi connectivity index (χ3v) is 7.88. The summed E-state index contributed by atoms with van der Waals surface area (Å²) in [5, 5.41) is 0.769. The molecule has 0 saturated carbocycles. The fourth-order valence-corrected chi connectivity index (χ4v) is 5.70. The van der Waals surface area contributed by atoms with Gasteiger partial charge in [-0.15, -0.1) is 0 Å². The average Bonchev–Trinajstić information content (AvgIpc) is 3.32. The van der Waals surface area contributed by atoms with E-state index in [1.165, 1.54) is 5.69 Å². The smallest absolute Gasteiger partial charge is 0.151 e. The van der Waals surface area contributed by atoms with Gasteiger partial charge in [-0.05, 0) is 43.7 Å². The van der Waals surface area contributed by atoms with Crippen LogP contribution in [0.5, 0.6) is 5.75 Å². The van der Waals surface area contributed by atoms with E-state index in [4.69, 9.17) is 26.1 Å². The van der Waals surface area contributed by atoms with Gasteiger partial charge < -0.3 is 14.4 Å². The van der Waals surface area contributed by atoms with E-state index < -0.39 is 0 Å². The molecule has 190 valence electrons. The highest BCUT2D eigenvalue weighted by atomic mass is 35.5. The Labute approximate surface area is 218 Å². The zero-order valence-electron chi connectivity index (χ0n) is 21.1. The molecule has 6 rings (SSSR count). The fraction of sp³-hybridized carbons (Fsp3) is 0.464. The fourth-order valence-electron chi connectivity index (χ4n) is 5.42. The van der Waals surface area contributed by atoms with Gasteiger partial charge in [0, 0.05) is 69.3 Å². The lowest BCUT2D eigenvalue weighted by molar-refractivity contribution is 0.0337. The molecule has 0 N–H and O–H groups in total. The first kappa shape index (κ1) is 23.8. The van der Waals surface area contributed by atoms with E-state index in [0.29, 0.717) is 12.6 Å². The van der Waals surface area contributed by atoms with Crippen LogP contribution in [0.15, 0.2) is 42.6 Å². The third-order valence-electron chi connectivity index (χ3n) is 7.57. The molecule has 4 heterocycles. The van der Waals surface area contributed by atoms with Crippen molar-refractivity contribution in [1.82, 2.24) is 19.4 Å². The quantitative estimate of drug-likeness (QED) is 0.508. The van der Waals surface area contributed by atoms with Crippen molar-refractivity contribution in [2.45, 2.75) is 33.0 Å². The number of anilines is 1. The highest BCUT2D eigenvalue weighted by molar-refractivity contribution is 6.33. The second-order valence-corrected chi connectivity index (χ2v) is 10.6. The van der Waals surface area contributed by atoms with Gasteiger partial charge in [-0.2, -0.15) is 0 Å². The van der Waals surface area contributed by atoms with Crippen LogP contribution >= 0.6 is 11.6 Å². The van der Waals surface area contributed by atoms with Crippen molar-refractivity contribution in [2.75, 3.05) is 57.4 Å². The molecule has 3 aliphatic heterocycles. The summed E-state index contributed by atoms with van der Waals surface area (Å²) in [5.74, 6) is 1.80. The Balaban J connectivity index is 1.20. The normalized spacial score (nSPS) is 18.7. The van der Waals surface area contributed by atoms with Crippen LogP contribution in [0.1, 0.15) is 25.4 Å². The Morgan fingerprint density at radius 1 is 0.972 bits per heavy atom. The van der Waals surface area contributed by atoms with Gasteiger partial charge in [0.25, 0.3) is 0 Å². The number of halogens is 1. The molecule has 7 nitrogen and oxygen atoms in total. The molecule has 0 unspecified atom stereocenters. The molecule has 3 aromatic rings. The van der Waals surface area contributed by atoms with Gasteiger partial charge in [0.05, 0.1) is 29.6 Å². The van der Waals surface area contributed by atoms with Gasteiger partial charge in [-0.25, -0.2) is 4.98 Å². The maximum absolute atomic E-state index is 6.82. The van der Waals surface area contributed by atoms with Crippen molar-refractivity contribution in [2.24, 2.45) is 0 Å². The number of ether oxygens (including phenoxy) is 2. The molecule has 2 fully saturated rings. The Hall–Kier alpha value is -2.58. The molecule has 2 aromatic carbocycles. The van der Waals surface area contributed by atoms with Crippen molar-refractivity contribution >= 4 is 17.3 Å². The molecule has 0 bridgehead atoms. The van der Waals surface area contributed by atoms with E-state index >= 15 is 0 Å². The highest BCUT2D eigenvalue weighted by Gasteiger charge is 2.23. The number of piperazine rings is 1. The molecule has 0 spiro atoms. The largest absolute Gasteiger partial charge is 0.483 e. The molecular formula is C28H34ClN5O2. The monoisotopic (exact) mass is 507 g/mol. The van der Waals surface area contributed by atoms with E-state index in [1.807, 2.05) is 0 Å². The van der Waals surface area contributed by atoms with Gasteiger partial charge in [-0.3, -0.25) is 14.4 Å². The lowest BCUT2D eigenvalue weighted by atomic mass is 10.0. The van der Waals surface area contributed by atoms with E-state index in [9.17, 15) is 0 Å². The summed E-state index contributed by atoms with van der Waals surface area (Å²) in [6, 6.07) is 13.4. The topological polar surface area (TPSA) is 46.0 Å². The van der Waals surface area contributed by atoms with Crippen LogP contribution in [0.4, 0.5) is 5.69 Å². The summed E-state index contributed by atoms with van der Waals surface area (Å²) < 4.78 is 13.8. The number of imidazole rings is 1. The first-order chi connectivity index (χ1) is 17.5. The van der Waals surface area contributed by atoms with E-state index in [0.717, 1.165) is 98.1 Å². The summed E-state index contributed by atoms with van der Waals surface area (Å²) in [5.41, 5.74) is 5.37. The third kappa shape index (κ3) is 4.73. The zero-order chi connectivity index (χ0) is 24.6. The first-order valence-electron chi connectivity index (χ1n) is 13.0. The van der Waals surface area contributed by atoms with Crippen molar-refractivity contribution in [3.63, 3.8) is 0 Å². The molecule has 0 radical (unpaired) electrons. The SMILES string of the molecule is CC(C)N1CCN(c2ccc(-c3ccc4c(c3)OCc3nc(CN5CCOCC5)cn3-4)c(Cl)c2)CC1. The zero-order valence-corrected chi connectivity index (χ0v) is 21.9. The number of hydrogen-bond donors (Lipinski definition) is 0. The van der Waals surface area contributed by atoms with Crippen LogP contribution in [-0.2, 0) is 17.9 Å². The Kier molecular flexibility index (Phi) is 6.65. The highest BCUT2D eigenvalue weighted by Crippen LogP contribution is 2.38. The van der Waals surface area contributed by atoms with E-state index in [2.05, 4.69) is 75.7 Å². The molecule has 0 aliphatic carbocycles. The number of aromatic nitrogens is 2. The van der Waals surface area contributed by atoms with Crippen LogP contribution in [0.3, 0.4) is 0 Å². The first-order valence-corrected chi connectivity index (χ1v) is 13.4. The molecule has 0 atom stereocenters. The number of hydrogen-bond acceptors (Lipinski definition) is 6. The molecule has 1 aromatic heterocycles. The van der Waals surface area contributed by atoms with Gasteiger partial charge in [-0.1, -0.05) is 23.7 Å². The Morgan fingerprint density at radius 3 is 2.53 bits per heavy atom. The van der Waals surface area contributed by atoms with Gasteiger partial charge in [0.2, 0.25) is 0 Å². The molecule has 2 saturated heterocycles. The van der Waals surface area contributed by atoms with Crippen molar-refractivity contribution in [3.05, 3.63) is 59.1 Å². The summed E-state index contributed by atoms with van der Waals surface area (Å²) in [7, 11) is 0. The minimum absolute atomic E-state index is 0.467. The van der Waals surface area contributed by atoms with Gasteiger partial charge >= 0.3 is 0 Å². The lowest BCUT2D eigenvalue weighted by Crippen LogP contribution is -2.48. The maximum atomic E-state index is 6.82. The average molecular weight is 508 g/mol. The minimum atomic E-state index is 0.467. The van der Waals surface area contributed by atoms with E-state index in [-0.39, 0.29) is 0 Å². The summed E-state index contributed by atoms with van der Waals surface area (Å²) in [4.78, 5) is 12.2. The maximum Gasteiger partial charge on any atom is 0.151 e. The molecular weight excluding hydrogens is 474 g/mol. The number of benzene rings is 2. The number of fused-ring (bicyclic) bond motifs is 3. The molecule has 36 heavy (non-hydrogen) atoms. The summed E-state index contributed by atoms with van der Waals surface area (Å²) >= 11 is 6.82. The van der Waals surface area contributed by atoms with Crippen LogP contribution in [0.2, 0.25) is 5.02 Å². The second kappa shape index (κ2) is 10.1. The van der Waals surface area contributed by atoms with Crippen molar-refractivity contribution in [3.8, 4) is 22.6 Å². The molecule has 0 amide bonds. The van der Waals surface area contributed by atoms with Crippen molar-refractivity contribution in [1.29, 1.82) is 0 Å². The molecule has 8 heteroatoms. The number of nitrogens with zero attached hydrogens (tertiary/aromatic N) is 5.